The van der Waals surface area contributed by atoms with E-state index in [1.807, 2.05) is 30.3 Å². The Morgan fingerprint density at radius 1 is 1.04 bits per heavy atom. The highest BCUT2D eigenvalue weighted by molar-refractivity contribution is 7.98. The van der Waals surface area contributed by atoms with Crippen LogP contribution in [-0.2, 0) is 5.75 Å². The number of rotatable bonds is 3. The van der Waals surface area contributed by atoms with E-state index in [2.05, 4.69) is 15.2 Å². The zero-order valence-electron chi connectivity index (χ0n) is 12.1. The minimum atomic E-state index is 0.465. The standard InChI is InChI=1S/C16H9Cl3N4S/c17-11-6-12(18)15-21-22-16(23(15)7-11)24-8-10-5-9-3-1-2-4-13(9)20-14(10)19/h1-7H,8H2. The molecular formula is C16H9Cl3N4S. The lowest BCUT2D eigenvalue weighted by Crippen LogP contribution is -1.91. The number of hydrogen-bond acceptors (Lipinski definition) is 4. The molecule has 0 aliphatic heterocycles. The quantitative estimate of drug-likeness (QED) is 0.338. The van der Waals surface area contributed by atoms with Gasteiger partial charge in [0.1, 0.15) is 5.15 Å². The Balaban J connectivity index is 1.67. The van der Waals surface area contributed by atoms with Gasteiger partial charge in [-0.05, 0) is 18.2 Å². The molecule has 4 nitrogen and oxygen atoms in total. The molecule has 0 bridgehead atoms. The third kappa shape index (κ3) is 2.93. The molecule has 8 heteroatoms. The lowest BCUT2D eigenvalue weighted by molar-refractivity contribution is 0.921. The molecule has 0 fully saturated rings. The van der Waals surface area contributed by atoms with Crippen molar-refractivity contribution in [2.45, 2.75) is 10.9 Å². The molecule has 24 heavy (non-hydrogen) atoms. The minimum absolute atomic E-state index is 0.465. The number of thioether (sulfide) groups is 1. The fraction of sp³-hybridized carbons (Fsp3) is 0.0625. The predicted molar refractivity (Wildman–Crippen MR) is 99.3 cm³/mol. The van der Waals surface area contributed by atoms with Crippen molar-refractivity contribution in [3.63, 3.8) is 0 Å². The predicted octanol–water partition coefficient (Wildman–Crippen LogP) is 5.53. The third-order valence-corrected chi connectivity index (χ3v) is 5.31. The van der Waals surface area contributed by atoms with E-state index in [9.17, 15) is 0 Å². The first kappa shape index (κ1) is 16.0. The molecule has 4 rings (SSSR count). The van der Waals surface area contributed by atoms with E-state index in [1.165, 1.54) is 11.8 Å². The van der Waals surface area contributed by atoms with Crippen molar-refractivity contribution in [2.75, 3.05) is 0 Å². The Bertz CT molecular complexity index is 1060. The molecule has 3 heterocycles. The van der Waals surface area contributed by atoms with Gasteiger partial charge in [0.25, 0.3) is 0 Å². The number of para-hydroxylation sites is 1. The maximum atomic E-state index is 6.30. The largest absolute Gasteiger partial charge is 0.275 e. The van der Waals surface area contributed by atoms with Crippen LogP contribution in [0.2, 0.25) is 15.2 Å². The Kier molecular flexibility index (Phi) is 4.26. The molecule has 0 radical (unpaired) electrons. The van der Waals surface area contributed by atoms with E-state index in [0.717, 1.165) is 16.5 Å². The number of halogens is 3. The summed E-state index contributed by atoms with van der Waals surface area (Å²) < 4.78 is 1.78. The molecule has 120 valence electrons. The Morgan fingerprint density at radius 3 is 2.75 bits per heavy atom. The van der Waals surface area contributed by atoms with Gasteiger partial charge in [0.05, 0.1) is 15.6 Å². The number of fused-ring (bicyclic) bond motifs is 2. The second-order valence-corrected chi connectivity index (χ2v) is 7.25. The molecule has 4 aromatic rings. The lowest BCUT2D eigenvalue weighted by Gasteiger charge is -2.06. The highest BCUT2D eigenvalue weighted by Crippen LogP contribution is 2.29. The van der Waals surface area contributed by atoms with Gasteiger partial charge < -0.3 is 0 Å². The van der Waals surface area contributed by atoms with Gasteiger partial charge in [-0.25, -0.2) is 4.98 Å². The van der Waals surface area contributed by atoms with Gasteiger partial charge in [0.15, 0.2) is 10.8 Å². The summed E-state index contributed by atoms with van der Waals surface area (Å²) >= 11 is 20.0. The van der Waals surface area contributed by atoms with Crippen molar-refractivity contribution >= 4 is 63.1 Å². The monoisotopic (exact) mass is 394 g/mol. The summed E-state index contributed by atoms with van der Waals surface area (Å²) in [5, 5.41) is 11.5. The molecule has 0 amide bonds. The highest BCUT2D eigenvalue weighted by Gasteiger charge is 2.12. The van der Waals surface area contributed by atoms with Crippen LogP contribution in [-0.4, -0.2) is 19.6 Å². The number of aromatic nitrogens is 4. The molecule has 0 saturated heterocycles. The fourth-order valence-corrected chi connectivity index (χ4v) is 4.06. The number of nitrogens with zero attached hydrogens (tertiary/aromatic N) is 4. The molecule has 3 aromatic heterocycles. The summed E-state index contributed by atoms with van der Waals surface area (Å²) in [6.07, 6.45) is 1.74. The molecule has 0 atom stereocenters. The van der Waals surface area contributed by atoms with Crippen LogP contribution in [0.25, 0.3) is 16.6 Å². The smallest absolute Gasteiger partial charge is 0.196 e. The normalized spacial score (nSPS) is 11.5. The van der Waals surface area contributed by atoms with Crippen LogP contribution in [0, 0.1) is 0 Å². The van der Waals surface area contributed by atoms with Gasteiger partial charge in [-0.2, -0.15) is 0 Å². The van der Waals surface area contributed by atoms with Crippen LogP contribution in [0.3, 0.4) is 0 Å². The lowest BCUT2D eigenvalue weighted by atomic mass is 10.2. The summed E-state index contributed by atoms with van der Waals surface area (Å²) in [6, 6.07) is 11.6. The van der Waals surface area contributed by atoms with E-state index in [-0.39, 0.29) is 0 Å². The number of pyridine rings is 2. The van der Waals surface area contributed by atoms with Crippen molar-refractivity contribution in [3.05, 3.63) is 63.4 Å². The second-order valence-electron chi connectivity index (χ2n) is 5.10. The summed E-state index contributed by atoms with van der Waals surface area (Å²) in [5.41, 5.74) is 2.39. The Morgan fingerprint density at radius 2 is 1.88 bits per heavy atom. The third-order valence-electron chi connectivity index (χ3n) is 3.50. The van der Waals surface area contributed by atoms with Crippen molar-refractivity contribution in [1.82, 2.24) is 19.6 Å². The van der Waals surface area contributed by atoms with Crippen LogP contribution in [0.4, 0.5) is 0 Å². The SMILES string of the molecule is Clc1cc(Cl)c2nnc(SCc3cc4ccccc4nc3Cl)n2c1. The Labute approximate surface area is 156 Å². The van der Waals surface area contributed by atoms with Crippen LogP contribution in [0.1, 0.15) is 5.56 Å². The molecule has 1 aromatic carbocycles. The van der Waals surface area contributed by atoms with Gasteiger partial charge in [0.2, 0.25) is 0 Å². The fourth-order valence-electron chi connectivity index (χ4n) is 2.38. The van der Waals surface area contributed by atoms with Gasteiger partial charge in [-0.15, -0.1) is 10.2 Å². The van der Waals surface area contributed by atoms with Gasteiger partial charge in [0, 0.05) is 22.9 Å². The summed E-state index contributed by atoms with van der Waals surface area (Å²) in [7, 11) is 0. The first-order chi connectivity index (χ1) is 11.6. The molecule has 0 spiro atoms. The molecule has 0 unspecified atom stereocenters. The number of hydrogen-bond donors (Lipinski definition) is 0. The van der Waals surface area contributed by atoms with E-state index in [0.29, 0.717) is 31.8 Å². The first-order valence-corrected chi connectivity index (χ1v) is 9.10. The minimum Gasteiger partial charge on any atom is -0.275 e. The van der Waals surface area contributed by atoms with Crippen LogP contribution >= 0.6 is 46.6 Å². The summed E-state index contributed by atoms with van der Waals surface area (Å²) in [4.78, 5) is 4.43. The number of benzene rings is 1. The average Bonchev–Trinajstić information content (AvgIpc) is 2.96. The molecule has 0 aliphatic carbocycles. The molecular weight excluding hydrogens is 387 g/mol. The van der Waals surface area contributed by atoms with E-state index < -0.39 is 0 Å². The first-order valence-electron chi connectivity index (χ1n) is 6.98. The van der Waals surface area contributed by atoms with Crippen molar-refractivity contribution in [1.29, 1.82) is 0 Å². The topological polar surface area (TPSA) is 43.1 Å². The van der Waals surface area contributed by atoms with Crippen LogP contribution in [0.15, 0.2) is 47.8 Å². The van der Waals surface area contributed by atoms with Crippen LogP contribution < -0.4 is 0 Å². The van der Waals surface area contributed by atoms with Gasteiger partial charge in [-0.1, -0.05) is 64.8 Å². The highest BCUT2D eigenvalue weighted by atomic mass is 35.5. The second kappa shape index (κ2) is 6.41. The van der Waals surface area contributed by atoms with Gasteiger partial charge >= 0.3 is 0 Å². The van der Waals surface area contributed by atoms with Crippen LogP contribution in [0.5, 0.6) is 0 Å². The Hall–Kier alpha value is -1.53. The summed E-state index contributed by atoms with van der Waals surface area (Å²) in [5.74, 6) is 0.613. The van der Waals surface area contributed by atoms with E-state index in [1.54, 1.807) is 16.7 Å². The zero-order chi connectivity index (χ0) is 16.7. The van der Waals surface area contributed by atoms with Crippen molar-refractivity contribution in [3.8, 4) is 0 Å². The van der Waals surface area contributed by atoms with Crippen molar-refractivity contribution in [2.24, 2.45) is 0 Å². The van der Waals surface area contributed by atoms with Crippen molar-refractivity contribution < 1.29 is 0 Å². The maximum absolute atomic E-state index is 6.30. The van der Waals surface area contributed by atoms with E-state index in [4.69, 9.17) is 34.8 Å². The molecule has 0 N–H and O–H groups in total. The molecule has 0 saturated carbocycles. The average molecular weight is 396 g/mol. The summed E-state index contributed by atoms with van der Waals surface area (Å²) in [6.45, 7) is 0. The van der Waals surface area contributed by atoms with Gasteiger partial charge in [-0.3, -0.25) is 4.40 Å². The maximum Gasteiger partial charge on any atom is 0.196 e. The van der Waals surface area contributed by atoms with E-state index >= 15 is 0 Å². The molecule has 0 aliphatic rings. The zero-order valence-corrected chi connectivity index (χ0v) is 15.2.